The minimum absolute atomic E-state index is 0.114. The van der Waals surface area contributed by atoms with Crippen molar-refractivity contribution in [3.05, 3.63) is 40.5 Å². The summed E-state index contributed by atoms with van der Waals surface area (Å²) in [5.74, 6) is 0.771. The number of likely N-dealkylation sites (N-methyl/N-ethyl adjacent to an activating group) is 1. The number of nitrogens with one attached hydrogen (secondary N) is 2. The highest BCUT2D eigenvalue weighted by Gasteiger charge is 2.23. The molecule has 0 radical (unpaired) electrons. The van der Waals surface area contributed by atoms with Gasteiger partial charge < -0.3 is 15.4 Å². The molecule has 2 N–H and O–H groups in total. The Kier molecular flexibility index (Phi) is 6.79. The number of nitrogens with zero attached hydrogens (tertiary/aromatic N) is 1. The van der Waals surface area contributed by atoms with E-state index < -0.39 is 0 Å². The van der Waals surface area contributed by atoms with E-state index >= 15 is 0 Å². The molecule has 0 spiro atoms. The van der Waals surface area contributed by atoms with Crippen molar-refractivity contribution in [2.75, 3.05) is 37.3 Å². The maximum Gasteiger partial charge on any atom is 0.291 e. The lowest BCUT2D eigenvalue weighted by molar-refractivity contribution is -0.116. The van der Waals surface area contributed by atoms with E-state index in [0.717, 1.165) is 30.8 Å². The van der Waals surface area contributed by atoms with Crippen LogP contribution in [0.5, 0.6) is 0 Å². The Hall–Kier alpha value is -1.99. The van der Waals surface area contributed by atoms with Gasteiger partial charge in [-0.1, -0.05) is 13.0 Å². The molecule has 1 saturated heterocycles. The van der Waals surface area contributed by atoms with Gasteiger partial charge in [0, 0.05) is 35.0 Å². The van der Waals surface area contributed by atoms with Crippen LogP contribution >= 0.6 is 11.8 Å². The highest BCUT2D eigenvalue weighted by atomic mass is 32.2. The van der Waals surface area contributed by atoms with Crippen LogP contribution in [0.15, 0.2) is 29.4 Å². The van der Waals surface area contributed by atoms with Crippen molar-refractivity contribution in [2.24, 2.45) is 0 Å². The minimum atomic E-state index is -0.285. The van der Waals surface area contributed by atoms with Crippen molar-refractivity contribution in [1.29, 1.82) is 0 Å². The average Bonchev–Trinajstić information content (AvgIpc) is 3.16. The summed E-state index contributed by atoms with van der Waals surface area (Å²) in [5, 5.41) is 7.62. The number of benzene rings is 1. The third-order valence-corrected chi connectivity index (χ3v) is 5.81. The first kappa shape index (κ1) is 19.8. The number of hydrogen-bond donors (Lipinski definition) is 2. The Labute approximate surface area is 164 Å². The number of carbonyl (C=O) groups is 2. The van der Waals surface area contributed by atoms with Gasteiger partial charge in [-0.15, -0.1) is 11.8 Å². The Bertz CT molecular complexity index is 735. The Morgan fingerprint density at radius 2 is 2.19 bits per heavy atom. The molecule has 7 heteroatoms. The van der Waals surface area contributed by atoms with Gasteiger partial charge in [-0.05, 0) is 50.6 Å². The van der Waals surface area contributed by atoms with Gasteiger partial charge in [0.1, 0.15) is 0 Å². The van der Waals surface area contributed by atoms with Crippen molar-refractivity contribution in [1.82, 2.24) is 10.2 Å². The Morgan fingerprint density at radius 3 is 2.93 bits per heavy atom. The first-order chi connectivity index (χ1) is 13.1. The van der Waals surface area contributed by atoms with Gasteiger partial charge in [-0.2, -0.15) is 0 Å². The molecule has 0 bridgehead atoms. The lowest BCUT2D eigenvalue weighted by Crippen LogP contribution is -2.40. The quantitative estimate of drug-likeness (QED) is 0.783. The fraction of sp³-hybridized carbons (Fsp3) is 0.500. The average molecular weight is 390 g/mol. The standard InChI is InChI=1S/C20H27N3O3S/c1-3-23-8-4-5-16(23)12-21-19(24)15-7-6-14(2)17(11-15)22-20(25)18-13-27-10-9-26-18/h6-7,11,13,16H,3-5,8-10,12H2,1-2H3,(H,21,24)(H,22,25)/t16-/m0/s1. The third kappa shape index (κ3) is 5.05. The van der Waals surface area contributed by atoms with Gasteiger partial charge in [0.2, 0.25) is 0 Å². The number of anilines is 1. The zero-order valence-corrected chi connectivity index (χ0v) is 16.7. The summed E-state index contributed by atoms with van der Waals surface area (Å²) in [5.41, 5.74) is 2.07. The molecule has 2 aliphatic heterocycles. The van der Waals surface area contributed by atoms with Crippen molar-refractivity contribution < 1.29 is 14.3 Å². The van der Waals surface area contributed by atoms with Crippen LogP contribution in [0.2, 0.25) is 0 Å². The van der Waals surface area contributed by atoms with Gasteiger partial charge in [0.15, 0.2) is 5.76 Å². The zero-order chi connectivity index (χ0) is 19.2. The molecule has 0 saturated carbocycles. The van der Waals surface area contributed by atoms with E-state index in [0.29, 0.717) is 36.2 Å². The van der Waals surface area contributed by atoms with Gasteiger partial charge in [0.05, 0.1) is 6.61 Å². The molecular weight excluding hydrogens is 362 g/mol. The second-order valence-corrected chi connectivity index (χ2v) is 7.80. The fourth-order valence-electron chi connectivity index (χ4n) is 3.42. The van der Waals surface area contributed by atoms with Crippen LogP contribution in [0.25, 0.3) is 0 Å². The molecular formula is C20H27N3O3S. The monoisotopic (exact) mass is 389 g/mol. The van der Waals surface area contributed by atoms with E-state index in [2.05, 4.69) is 22.5 Å². The van der Waals surface area contributed by atoms with Gasteiger partial charge >= 0.3 is 0 Å². The summed E-state index contributed by atoms with van der Waals surface area (Å²) >= 11 is 1.56. The maximum absolute atomic E-state index is 12.6. The molecule has 3 rings (SSSR count). The molecule has 1 aromatic rings. The molecule has 6 nitrogen and oxygen atoms in total. The zero-order valence-electron chi connectivity index (χ0n) is 15.9. The first-order valence-electron chi connectivity index (χ1n) is 9.47. The molecule has 1 aromatic carbocycles. The van der Waals surface area contributed by atoms with E-state index in [1.165, 1.54) is 6.42 Å². The number of carbonyl (C=O) groups excluding carboxylic acids is 2. The largest absolute Gasteiger partial charge is 0.487 e. The van der Waals surface area contributed by atoms with Crippen LogP contribution in [-0.2, 0) is 9.53 Å². The van der Waals surface area contributed by atoms with Crippen LogP contribution in [0.1, 0.15) is 35.7 Å². The molecule has 1 fully saturated rings. The van der Waals surface area contributed by atoms with Gasteiger partial charge in [-0.25, -0.2) is 0 Å². The normalized spacial score (nSPS) is 19.9. The lowest BCUT2D eigenvalue weighted by atomic mass is 10.1. The summed E-state index contributed by atoms with van der Waals surface area (Å²) in [4.78, 5) is 27.3. The molecule has 146 valence electrons. The maximum atomic E-state index is 12.6. The number of ether oxygens (including phenoxy) is 1. The van der Waals surface area contributed by atoms with E-state index in [1.54, 1.807) is 29.3 Å². The minimum Gasteiger partial charge on any atom is -0.487 e. The summed E-state index contributed by atoms with van der Waals surface area (Å²) in [6.07, 6.45) is 2.31. The summed E-state index contributed by atoms with van der Waals surface area (Å²) < 4.78 is 5.39. The predicted octanol–water partition coefficient (Wildman–Crippen LogP) is 2.75. The molecule has 2 heterocycles. The van der Waals surface area contributed by atoms with Gasteiger partial charge in [-0.3, -0.25) is 14.5 Å². The molecule has 0 unspecified atom stereocenters. The lowest BCUT2D eigenvalue weighted by Gasteiger charge is -2.23. The second kappa shape index (κ2) is 9.28. The van der Waals surface area contributed by atoms with Gasteiger partial charge in [0.25, 0.3) is 11.8 Å². The summed E-state index contributed by atoms with van der Waals surface area (Å²) in [6.45, 7) is 7.35. The number of rotatable bonds is 6. The number of thioether (sulfide) groups is 1. The first-order valence-corrected chi connectivity index (χ1v) is 10.5. The SMILES string of the molecule is CCN1CCC[C@H]1CNC(=O)c1ccc(C)c(NC(=O)C2=CSCCO2)c1. The van der Waals surface area contributed by atoms with E-state index in [4.69, 9.17) is 4.74 Å². The molecule has 0 aromatic heterocycles. The predicted molar refractivity (Wildman–Crippen MR) is 109 cm³/mol. The molecule has 27 heavy (non-hydrogen) atoms. The highest BCUT2D eigenvalue weighted by molar-refractivity contribution is 8.02. The van der Waals surface area contributed by atoms with E-state index in [9.17, 15) is 9.59 Å². The van der Waals surface area contributed by atoms with E-state index in [-0.39, 0.29) is 11.8 Å². The Morgan fingerprint density at radius 1 is 1.33 bits per heavy atom. The smallest absolute Gasteiger partial charge is 0.291 e. The van der Waals surface area contributed by atoms with Crippen LogP contribution in [0, 0.1) is 6.92 Å². The molecule has 2 aliphatic rings. The highest BCUT2D eigenvalue weighted by Crippen LogP contribution is 2.21. The molecule has 1 atom stereocenters. The third-order valence-electron chi connectivity index (χ3n) is 5.02. The topological polar surface area (TPSA) is 70.7 Å². The number of hydrogen-bond acceptors (Lipinski definition) is 5. The van der Waals surface area contributed by atoms with Crippen molar-refractivity contribution in [3.63, 3.8) is 0 Å². The van der Waals surface area contributed by atoms with Crippen LogP contribution < -0.4 is 10.6 Å². The molecule has 2 amide bonds. The number of aryl methyl sites for hydroxylation is 1. The van der Waals surface area contributed by atoms with Crippen LogP contribution in [0.3, 0.4) is 0 Å². The number of amides is 2. The second-order valence-electron chi connectivity index (χ2n) is 6.82. The van der Waals surface area contributed by atoms with Crippen molar-refractivity contribution in [3.8, 4) is 0 Å². The summed E-state index contributed by atoms with van der Waals surface area (Å²) in [7, 11) is 0. The molecule has 0 aliphatic carbocycles. The fourth-order valence-corrected chi connectivity index (χ4v) is 4.05. The van der Waals surface area contributed by atoms with Crippen molar-refractivity contribution >= 4 is 29.3 Å². The van der Waals surface area contributed by atoms with Crippen LogP contribution in [0.4, 0.5) is 5.69 Å². The Balaban J connectivity index is 1.62. The van der Waals surface area contributed by atoms with Crippen molar-refractivity contribution in [2.45, 2.75) is 32.7 Å². The summed E-state index contributed by atoms with van der Waals surface area (Å²) in [6, 6.07) is 5.78. The van der Waals surface area contributed by atoms with E-state index in [1.807, 2.05) is 13.0 Å². The van der Waals surface area contributed by atoms with Crippen LogP contribution in [-0.4, -0.2) is 54.8 Å². The number of likely N-dealkylation sites (tertiary alicyclic amines) is 1.